The number of carbonyl (C=O) groups excluding carboxylic acids is 1. The Morgan fingerprint density at radius 1 is 1.45 bits per heavy atom. The third-order valence-electron chi connectivity index (χ3n) is 4.10. The molecule has 1 aliphatic heterocycles. The molecule has 1 aliphatic rings. The molecule has 6 nitrogen and oxygen atoms in total. The summed E-state index contributed by atoms with van der Waals surface area (Å²) < 4.78 is 38.8. The van der Waals surface area contributed by atoms with Gasteiger partial charge in [-0.1, -0.05) is 25.1 Å². The van der Waals surface area contributed by atoms with Crippen LogP contribution in [0.2, 0.25) is 0 Å². The topological polar surface area (TPSA) is 83.9 Å². The van der Waals surface area contributed by atoms with E-state index < -0.39 is 27.1 Å². The molecule has 1 aromatic carbocycles. The van der Waals surface area contributed by atoms with E-state index in [0.29, 0.717) is 6.42 Å². The summed E-state index contributed by atoms with van der Waals surface area (Å²) in [4.78, 5) is 11.3. The van der Waals surface area contributed by atoms with Gasteiger partial charge in [-0.3, -0.25) is 9.35 Å². The molecule has 0 radical (unpaired) electrons. The van der Waals surface area contributed by atoms with Crippen molar-refractivity contribution >= 4 is 21.8 Å². The highest BCUT2D eigenvalue weighted by Crippen LogP contribution is 2.41. The Labute approximate surface area is 130 Å². The van der Waals surface area contributed by atoms with Gasteiger partial charge in [0.05, 0.1) is 6.54 Å². The molecule has 1 N–H and O–H groups in total. The van der Waals surface area contributed by atoms with E-state index in [0.717, 1.165) is 11.3 Å². The van der Waals surface area contributed by atoms with Crippen LogP contribution in [0.5, 0.6) is 0 Å². The smallest absolute Gasteiger partial charge is 0.302 e. The van der Waals surface area contributed by atoms with Gasteiger partial charge in [0.2, 0.25) is 0 Å². The SMILES string of the molecule is CCC(CN1c2ccccc2CC1(C)S(=O)(=O)O)OC(C)=O. The van der Waals surface area contributed by atoms with E-state index in [1.807, 2.05) is 31.2 Å². The lowest BCUT2D eigenvalue weighted by Gasteiger charge is -2.36. The van der Waals surface area contributed by atoms with Crippen molar-refractivity contribution in [1.82, 2.24) is 0 Å². The summed E-state index contributed by atoms with van der Waals surface area (Å²) in [6.45, 7) is 4.88. The Bertz CT molecular complexity index is 672. The van der Waals surface area contributed by atoms with E-state index in [1.165, 1.54) is 13.8 Å². The molecule has 22 heavy (non-hydrogen) atoms. The van der Waals surface area contributed by atoms with Crippen LogP contribution in [0.25, 0.3) is 0 Å². The third-order valence-corrected chi connectivity index (χ3v) is 5.58. The van der Waals surface area contributed by atoms with Crippen molar-refractivity contribution in [3.05, 3.63) is 29.8 Å². The van der Waals surface area contributed by atoms with Gasteiger partial charge in [-0.05, 0) is 25.0 Å². The second kappa shape index (κ2) is 5.89. The largest absolute Gasteiger partial charge is 0.461 e. The average molecular weight is 327 g/mol. The van der Waals surface area contributed by atoms with Crippen LogP contribution in [0.15, 0.2) is 24.3 Å². The second-order valence-corrected chi connectivity index (χ2v) is 7.54. The Morgan fingerprint density at radius 3 is 2.64 bits per heavy atom. The summed E-state index contributed by atoms with van der Waals surface area (Å²) in [5, 5.41) is 0. The van der Waals surface area contributed by atoms with Gasteiger partial charge in [-0.25, -0.2) is 0 Å². The molecule has 1 heterocycles. The van der Waals surface area contributed by atoms with Crippen LogP contribution in [-0.4, -0.2) is 36.5 Å². The predicted molar refractivity (Wildman–Crippen MR) is 83.3 cm³/mol. The van der Waals surface area contributed by atoms with E-state index in [4.69, 9.17) is 4.74 Å². The first-order valence-corrected chi connectivity index (χ1v) is 8.63. The lowest BCUT2D eigenvalue weighted by molar-refractivity contribution is -0.146. The first-order valence-electron chi connectivity index (χ1n) is 7.19. The van der Waals surface area contributed by atoms with Crippen molar-refractivity contribution in [2.75, 3.05) is 11.4 Å². The molecule has 0 aromatic heterocycles. The molecule has 0 fully saturated rings. The molecule has 0 saturated carbocycles. The zero-order valence-corrected chi connectivity index (χ0v) is 13.8. The zero-order chi connectivity index (χ0) is 16.5. The molecule has 2 rings (SSSR count). The molecule has 0 amide bonds. The van der Waals surface area contributed by atoms with Gasteiger partial charge >= 0.3 is 5.97 Å². The molecule has 7 heteroatoms. The summed E-state index contributed by atoms with van der Waals surface area (Å²) in [6, 6.07) is 7.29. The minimum absolute atomic E-state index is 0.193. The molecule has 0 saturated heterocycles. The fraction of sp³-hybridized carbons (Fsp3) is 0.533. The van der Waals surface area contributed by atoms with Crippen molar-refractivity contribution in [3.8, 4) is 0 Å². The molecule has 0 aliphatic carbocycles. The number of rotatable bonds is 5. The van der Waals surface area contributed by atoms with Gasteiger partial charge in [-0.15, -0.1) is 0 Å². The van der Waals surface area contributed by atoms with Crippen molar-refractivity contribution in [1.29, 1.82) is 0 Å². The van der Waals surface area contributed by atoms with Gasteiger partial charge in [0, 0.05) is 19.0 Å². The Balaban J connectivity index is 2.41. The lowest BCUT2D eigenvalue weighted by Crippen LogP contribution is -2.53. The molecule has 0 spiro atoms. The molecule has 1 aromatic rings. The van der Waals surface area contributed by atoms with E-state index in [2.05, 4.69) is 0 Å². The highest BCUT2D eigenvalue weighted by molar-refractivity contribution is 7.87. The van der Waals surface area contributed by atoms with Crippen LogP contribution in [0.4, 0.5) is 5.69 Å². The number of nitrogens with zero attached hydrogens (tertiary/aromatic N) is 1. The number of fused-ring (bicyclic) bond motifs is 1. The average Bonchev–Trinajstić information content (AvgIpc) is 2.71. The van der Waals surface area contributed by atoms with E-state index >= 15 is 0 Å². The van der Waals surface area contributed by atoms with E-state index in [1.54, 1.807) is 4.90 Å². The summed E-state index contributed by atoms with van der Waals surface area (Å²) in [5.41, 5.74) is 1.59. The molecule has 2 atom stereocenters. The molecular formula is C15H21NO5S. The Morgan fingerprint density at radius 2 is 2.09 bits per heavy atom. The fourth-order valence-corrected chi connectivity index (χ4v) is 3.63. The molecule has 0 bridgehead atoms. The number of benzene rings is 1. The van der Waals surface area contributed by atoms with Gasteiger partial charge in [-0.2, -0.15) is 8.42 Å². The van der Waals surface area contributed by atoms with Crippen molar-refractivity contribution in [3.63, 3.8) is 0 Å². The third kappa shape index (κ3) is 2.96. The van der Waals surface area contributed by atoms with Crippen molar-refractivity contribution in [2.24, 2.45) is 0 Å². The first-order chi connectivity index (χ1) is 10.2. The zero-order valence-electron chi connectivity index (χ0n) is 12.9. The van der Waals surface area contributed by atoms with E-state index in [9.17, 15) is 17.8 Å². The minimum Gasteiger partial charge on any atom is -0.461 e. The maximum absolute atomic E-state index is 11.9. The number of esters is 1. The van der Waals surface area contributed by atoms with Crippen molar-refractivity contribution < 1.29 is 22.5 Å². The quantitative estimate of drug-likeness (QED) is 0.658. The first kappa shape index (κ1) is 16.8. The monoisotopic (exact) mass is 327 g/mol. The van der Waals surface area contributed by atoms with Crippen LogP contribution in [0, 0.1) is 0 Å². The standard InChI is InChI=1S/C15H21NO5S/c1-4-13(21-11(2)17)10-16-14-8-6-5-7-12(14)9-15(16,3)22(18,19)20/h5-8,13H,4,9-10H2,1-3H3,(H,18,19,20). The summed E-state index contributed by atoms with van der Waals surface area (Å²) in [5.74, 6) is -0.409. The number of carbonyl (C=O) groups is 1. The highest BCUT2D eigenvalue weighted by atomic mass is 32.2. The van der Waals surface area contributed by atoms with Gasteiger partial charge < -0.3 is 9.64 Å². The van der Waals surface area contributed by atoms with Gasteiger partial charge in [0.1, 0.15) is 6.10 Å². The van der Waals surface area contributed by atoms with Gasteiger partial charge in [0.25, 0.3) is 10.1 Å². The summed E-state index contributed by atoms with van der Waals surface area (Å²) in [6.07, 6.45) is 0.308. The second-order valence-electron chi connectivity index (χ2n) is 5.71. The lowest BCUT2D eigenvalue weighted by atomic mass is 10.1. The minimum atomic E-state index is -4.32. The van der Waals surface area contributed by atoms with Crippen LogP contribution < -0.4 is 4.90 Å². The number of anilines is 1. The maximum atomic E-state index is 11.9. The molecule has 2 unspecified atom stereocenters. The molecular weight excluding hydrogens is 306 g/mol. The molecule has 122 valence electrons. The number of para-hydroxylation sites is 1. The number of hydrogen-bond acceptors (Lipinski definition) is 5. The maximum Gasteiger partial charge on any atom is 0.302 e. The Hall–Kier alpha value is -1.60. The Kier molecular flexibility index (Phi) is 4.49. The van der Waals surface area contributed by atoms with Crippen LogP contribution in [0.1, 0.15) is 32.8 Å². The fourth-order valence-electron chi connectivity index (χ4n) is 2.84. The van der Waals surface area contributed by atoms with Crippen LogP contribution in [0.3, 0.4) is 0 Å². The van der Waals surface area contributed by atoms with Crippen molar-refractivity contribution in [2.45, 2.75) is 44.6 Å². The predicted octanol–water partition coefficient (Wildman–Crippen LogP) is 1.99. The highest BCUT2D eigenvalue weighted by Gasteiger charge is 2.50. The van der Waals surface area contributed by atoms with Crippen LogP contribution >= 0.6 is 0 Å². The number of hydrogen-bond donors (Lipinski definition) is 1. The number of ether oxygens (including phenoxy) is 1. The van der Waals surface area contributed by atoms with Crippen LogP contribution in [-0.2, 0) is 26.1 Å². The normalized spacial score (nSPS) is 22.3. The van der Waals surface area contributed by atoms with Gasteiger partial charge in [0.15, 0.2) is 4.87 Å². The summed E-state index contributed by atoms with van der Waals surface area (Å²) >= 11 is 0. The van der Waals surface area contributed by atoms with E-state index in [-0.39, 0.29) is 13.0 Å². The summed E-state index contributed by atoms with van der Waals surface area (Å²) in [7, 11) is -4.32.